The molecule has 22 heavy (non-hydrogen) atoms. The van der Waals surface area contributed by atoms with Gasteiger partial charge in [0, 0.05) is 11.1 Å². The Morgan fingerprint density at radius 3 is 2.05 bits per heavy atom. The summed E-state index contributed by atoms with van der Waals surface area (Å²) < 4.78 is 5.65. The first kappa shape index (κ1) is 14.4. The van der Waals surface area contributed by atoms with Gasteiger partial charge in [-0.25, -0.2) is 4.79 Å². The molecule has 0 aromatic heterocycles. The van der Waals surface area contributed by atoms with Crippen molar-refractivity contribution in [1.82, 2.24) is 0 Å². The lowest BCUT2D eigenvalue weighted by molar-refractivity contribution is 0.0697. The number of carbonyl (C=O) groups is 1. The number of carboxylic acids is 1. The average Bonchev–Trinajstić information content (AvgIpc) is 3.36. The van der Waals surface area contributed by atoms with Crippen LogP contribution in [0.4, 0.5) is 0 Å². The van der Waals surface area contributed by atoms with Gasteiger partial charge in [0.05, 0.1) is 18.3 Å². The van der Waals surface area contributed by atoms with Crippen LogP contribution in [0, 0.1) is 11.8 Å². The second-order valence-corrected chi connectivity index (χ2v) is 5.34. The molecule has 0 atom stereocenters. The van der Waals surface area contributed by atoms with E-state index in [-0.39, 0.29) is 5.56 Å². The molecule has 0 radical (unpaired) electrons. The molecule has 0 amide bonds. The number of rotatable bonds is 4. The minimum atomic E-state index is -0.927. The lowest BCUT2D eigenvalue weighted by atomic mass is 10.1. The van der Waals surface area contributed by atoms with Crippen molar-refractivity contribution in [3.8, 4) is 11.8 Å². The summed E-state index contributed by atoms with van der Waals surface area (Å²) in [5, 5.41) is 8.85. The Hall–Kier alpha value is -2.57. The molecule has 1 aliphatic carbocycles. The van der Waals surface area contributed by atoms with Gasteiger partial charge in [-0.3, -0.25) is 0 Å². The van der Waals surface area contributed by atoms with E-state index in [0.717, 1.165) is 16.7 Å². The topological polar surface area (TPSA) is 46.5 Å². The van der Waals surface area contributed by atoms with E-state index in [1.165, 1.54) is 12.8 Å². The van der Waals surface area contributed by atoms with E-state index in [9.17, 15) is 4.79 Å². The van der Waals surface area contributed by atoms with E-state index in [1.807, 2.05) is 24.3 Å². The molecular formula is C19H16O3. The van der Waals surface area contributed by atoms with Gasteiger partial charge in [0.2, 0.25) is 0 Å². The Morgan fingerprint density at radius 1 is 1.00 bits per heavy atom. The highest BCUT2D eigenvalue weighted by atomic mass is 16.5. The number of benzene rings is 2. The van der Waals surface area contributed by atoms with Gasteiger partial charge in [-0.15, -0.1) is 0 Å². The number of carboxylic acid groups (broad SMARTS) is 1. The predicted octanol–water partition coefficient (Wildman–Crippen LogP) is 3.46. The SMILES string of the molecule is O=C(O)c1ccc(C#Cc2ccc(COC3CC3)cc2)cc1. The molecule has 0 saturated heterocycles. The molecule has 1 saturated carbocycles. The third kappa shape index (κ3) is 3.97. The number of hydrogen-bond donors (Lipinski definition) is 1. The zero-order valence-electron chi connectivity index (χ0n) is 12.1. The summed E-state index contributed by atoms with van der Waals surface area (Å²) in [5.41, 5.74) is 3.15. The first-order valence-corrected chi connectivity index (χ1v) is 7.26. The zero-order valence-corrected chi connectivity index (χ0v) is 12.1. The van der Waals surface area contributed by atoms with Crippen LogP contribution in [0.1, 0.15) is 39.9 Å². The van der Waals surface area contributed by atoms with Crippen LogP contribution >= 0.6 is 0 Å². The van der Waals surface area contributed by atoms with E-state index in [1.54, 1.807) is 24.3 Å². The molecule has 1 fully saturated rings. The monoisotopic (exact) mass is 292 g/mol. The van der Waals surface area contributed by atoms with Crippen molar-refractivity contribution >= 4 is 5.97 Å². The van der Waals surface area contributed by atoms with Crippen molar-refractivity contribution < 1.29 is 14.6 Å². The Bertz CT molecular complexity index is 714. The quantitative estimate of drug-likeness (QED) is 0.878. The first-order valence-electron chi connectivity index (χ1n) is 7.26. The molecule has 3 rings (SSSR count). The molecule has 3 nitrogen and oxygen atoms in total. The fourth-order valence-corrected chi connectivity index (χ4v) is 1.97. The molecule has 0 bridgehead atoms. The Labute approximate surface area is 129 Å². The molecule has 3 heteroatoms. The van der Waals surface area contributed by atoms with E-state index < -0.39 is 5.97 Å². The summed E-state index contributed by atoms with van der Waals surface area (Å²) >= 11 is 0. The molecular weight excluding hydrogens is 276 g/mol. The predicted molar refractivity (Wildman–Crippen MR) is 83.6 cm³/mol. The van der Waals surface area contributed by atoms with E-state index in [2.05, 4.69) is 11.8 Å². The molecule has 1 aliphatic rings. The van der Waals surface area contributed by atoms with Crippen LogP contribution in [-0.4, -0.2) is 17.2 Å². The summed E-state index contributed by atoms with van der Waals surface area (Å²) in [6.45, 7) is 0.662. The molecule has 1 N–H and O–H groups in total. The van der Waals surface area contributed by atoms with Crippen molar-refractivity contribution in [2.45, 2.75) is 25.6 Å². The number of hydrogen-bond acceptors (Lipinski definition) is 2. The standard InChI is InChI=1S/C19H16O3/c20-19(21)17-9-7-15(8-10-17)2-1-14-3-5-16(6-4-14)13-22-18-11-12-18/h3-10,18H,11-13H2,(H,20,21). The second-order valence-electron chi connectivity index (χ2n) is 5.34. The Morgan fingerprint density at radius 2 is 1.55 bits per heavy atom. The van der Waals surface area contributed by atoms with E-state index >= 15 is 0 Å². The number of ether oxygens (including phenoxy) is 1. The second kappa shape index (κ2) is 6.46. The van der Waals surface area contributed by atoms with Crippen molar-refractivity contribution in [2.75, 3.05) is 0 Å². The Balaban J connectivity index is 1.63. The fraction of sp³-hybridized carbons (Fsp3) is 0.211. The highest BCUT2D eigenvalue weighted by molar-refractivity contribution is 5.87. The van der Waals surface area contributed by atoms with Gasteiger partial charge in [-0.05, 0) is 54.8 Å². The van der Waals surface area contributed by atoms with Crippen LogP contribution in [0.15, 0.2) is 48.5 Å². The van der Waals surface area contributed by atoms with Gasteiger partial charge in [0.15, 0.2) is 0 Å². The third-order valence-corrected chi connectivity index (χ3v) is 3.45. The molecule has 0 spiro atoms. The van der Waals surface area contributed by atoms with Crippen LogP contribution in [0.3, 0.4) is 0 Å². The maximum atomic E-state index is 10.8. The zero-order chi connectivity index (χ0) is 15.4. The van der Waals surface area contributed by atoms with Crippen LogP contribution in [0.25, 0.3) is 0 Å². The normalized spacial score (nSPS) is 13.3. The van der Waals surface area contributed by atoms with Gasteiger partial charge in [-0.2, -0.15) is 0 Å². The summed E-state index contributed by atoms with van der Waals surface area (Å²) in [5.74, 6) is 5.18. The highest BCUT2D eigenvalue weighted by Crippen LogP contribution is 2.24. The summed E-state index contributed by atoms with van der Waals surface area (Å²) in [6, 6.07) is 14.6. The van der Waals surface area contributed by atoms with E-state index in [0.29, 0.717) is 12.7 Å². The summed E-state index contributed by atoms with van der Waals surface area (Å²) in [6.07, 6.45) is 2.84. The van der Waals surface area contributed by atoms with Crippen LogP contribution in [0.2, 0.25) is 0 Å². The van der Waals surface area contributed by atoms with Gasteiger partial charge in [0.25, 0.3) is 0 Å². The largest absolute Gasteiger partial charge is 0.478 e. The van der Waals surface area contributed by atoms with Crippen molar-refractivity contribution in [2.24, 2.45) is 0 Å². The molecule has 2 aromatic rings. The molecule has 0 aliphatic heterocycles. The number of aromatic carboxylic acids is 1. The first-order chi connectivity index (χ1) is 10.7. The highest BCUT2D eigenvalue weighted by Gasteiger charge is 2.21. The third-order valence-electron chi connectivity index (χ3n) is 3.45. The lowest BCUT2D eigenvalue weighted by Crippen LogP contribution is -1.95. The van der Waals surface area contributed by atoms with Crippen molar-refractivity contribution in [3.05, 3.63) is 70.8 Å². The van der Waals surface area contributed by atoms with Gasteiger partial charge in [-0.1, -0.05) is 24.0 Å². The molecule has 0 unspecified atom stereocenters. The van der Waals surface area contributed by atoms with Crippen LogP contribution < -0.4 is 0 Å². The minimum Gasteiger partial charge on any atom is -0.478 e. The molecule has 2 aromatic carbocycles. The minimum absolute atomic E-state index is 0.269. The summed E-state index contributed by atoms with van der Waals surface area (Å²) in [7, 11) is 0. The average molecular weight is 292 g/mol. The fourth-order valence-electron chi connectivity index (χ4n) is 1.97. The maximum Gasteiger partial charge on any atom is 0.335 e. The van der Waals surface area contributed by atoms with Crippen molar-refractivity contribution in [3.63, 3.8) is 0 Å². The van der Waals surface area contributed by atoms with Gasteiger partial charge < -0.3 is 9.84 Å². The van der Waals surface area contributed by atoms with Gasteiger partial charge >= 0.3 is 5.97 Å². The van der Waals surface area contributed by atoms with Gasteiger partial charge in [0.1, 0.15) is 0 Å². The maximum absolute atomic E-state index is 10.8. The lowest BCUT2D eigenvalue weighted by Gasteiger charge is -2.02. The van der Waals surface area contributed by atoms with Crippen LogP contribution in [-0.2, 0) is 11.3 Å². The smallest absolute Gasteiger partial charge is 0.335 e. The van der Waals surface area contributed by atoms with E-state index in [4.69, 9.17) is 9.84 Å². The summed E-state index contributed by atoms with van der Waals surface area (Å²) in [4.78, 5) is 10.8. The molecule has 0 heterocycles. The van der Waals surface area contributed by atoms with Crippen molar-refractivity contribution in [1.29, 1.82) is 0 Å². The van der Waals surface area contributed by atoms with Crippen LogP contribution in [0.5, 0.6) is 0 Å². The molecule has 110 valence electrons. The Kier molecular flexibility index (Phi) is 4.22.